The van der Waals surface area contributed by atoms with E-state index in [0.29, 0.717) is 5.69 Å². The molecule has 0 radical (unpaired) electrons. The van der Waals surface area contributed by atoms with Crippen molar-refractivity contribution in [3.05, 3.63) is 52.0 Å². The Morgan fingerprint density at radius 3 is 2.20 bits per heavy atom. The Morgan fingerprint density at radius 2 is 1.65 bits per heavy atom. The van der Waals surface area contributed by atoms with Crippen molar-refractivity contribution in [1.29, 1.82) is 0 Å². The molecule has 0 spiro atoms. The van der Waals surface area contributed by atoms with Crippen molar-refractivity contribution in [1.82, 2.24) is 0 Å². The Bertz CT molecular complexity index is 718. The van der Waals surface area contributed by atoms with Gasteiger partial charge in [-0.05, 0) is 42.5 Å². The van der Waals surface area contributed by atoms with E-state index in [2.05, 4.69) is 26.0 Å². The minimum atomic E-state index is -3.70. The fourth-order valence-electron chi connectivity index (χ4n) is 1.61. The zero-order chi connectivity index (χ0) is 14.8. The van der Waals surface area contributed by atoms with Crippen molar-refractivity contribution in [2.45, 2.75) is 4.90 Å². The number of sulfonamides is 1. The van der Waals surface area contributed by atoms with Crippen LogP contribution in [0.5, 0.6) is 0 Å². The molecule has 2 N–H and O–H groups in total. The van der Waals surface area contributed by atoms with Crippen LogP contribution in [0.3, 0.4) is 0 Å². The van der Waals surface area contributed by atoms with Gasteiger partial charge < -0.3 is 5.32 Å². The van der Waals surface area contributed by atoms with Gasteiger partial charge in [-0.2, -0.15) is 0 Å². The summed E-state index contributed by atoms with van der Waals surface area (Å²) in [5, 5.41) is 3.13. The second-order valence-corrected chi connectivity index (χ2v) is 6.98. The maximum Gasteiger partial charge on any atom is 0.263 e. The maximum absolute atomic E-state index is 12.3. The normalized spacial score (nSPS) is 11.2. The number of nitrogens with one attached hydrogen (secondary N) is 2. The first-order valence-electron chi connectivity index (χ1n) is 5.68. The molecule has 2 rings (SSSR count). The van der Waals surface area contributed by atoms with Gasteiger partial charge >= 0.3 is 0 Å². The van der Waals surface area contributed by atoms with E-state index in [9.17, 15) is 8.42 Å². The lowest BCUT2D eigenvalue weighted by molar-refractivity contribution is 0.601. The lowest BCUT2D eigenvalue weighted by Crippen LogP contribution is -2.13. The number of benzene rings is 2. The van der Waals surface area contributed by atoms with Gasteiger partial charge in [0.15, 0.2) is 0 Å². The summed E-state index contributed by atoms with van der Waals surface area (Å²) in [5.41, 5.74) is 1.37. The maximum atomic E-state index is 12.3. The standard InChI is InChI=1S/C13H12BrClN2O2S/c1-16-10-3-5-11(6-4-10)17-20(18,19)13-7-2-9(14)8-12(13)15/h2-8,16-17H,1H3. The van der Waals surface area contributed by atoms with Crippen LogP contribution in [-0.2, 0) is 10.0 Å². The summed E-state index contributed by atoms with van der Waals surface area (Å²) in [4.78, 5) is 0.0417. The van der Waals surface area contributed by atoms with Gasteiger partial charge in [-0.15, -0.1) is 0 Å². The predicted octanol–water partition coefficient (Wildman–Crippen LogP) is 3.95. The summed E-state index contributed by atoms with van der Waals surface area (Å²) in [6, 6.07) is 11.5. The summed E-state index contributed by atoms with van der Waals surface area (Å²) >= 11 is 9.21. The molecule has 0 saturated carbocycles. The molecular weight excluding hydrogens is 364 g/mol. The Labute approximate surface area is 131 Å². The summed E-state index contributed by atoms with van der Waals surface area (Å²) in [6.07, 6.45) is 0. The average molecular weight is 376 g/mol. The Balaban J connectivity index is 2.30. The van der Waals surface area contributed by atoms with E-state index in [0.717, 1.165) is 10.2 Å². The fraction of sp³-hybridized carbons (Fsp3) is 0.0769. The van der Waals surface area contributed by atoms with E-state index in [1.165, 1.54) is 6.07 Å². The van der Waals surface area contributed by atoms with E-state index in [4.69, 9.17) is 11.6 Å². The quantitative estimate of drug-likeness (QED) is 0.851. The van der Waals surface area contributed by atoms with Gasteiger partial charge in [0.1, 0.15) is 4.90 Å². The molecule has 0 aromatic heterocycles. The van der Waals surface area contributed by atoms with Crippen molar-refractivity contribution >= 4 is 48.9 Å². The molecule has 0 aliphatic carbocycles. The molecule has 7 heteroatoms. The molecule has 0 aliphatic heterocycles. The second kappa shape index (κ2) is 6.03. The summed E-state index contributed by atoms with van der Waals surface area (Å²) in [7, 11) is -1.91. The molecule has 2 aromatic rings. The first-order chi connectivity index (χ1) is 9.42. The Hall–Kier alpha value is -1.24. The molecule has 0 unspecified atom stereocenters. The lowest BCUT2D eigenvalue weighted by atomic mass is 10.3. The molecular formula is C13H12BrClN2O2S. The molecule has 0 atom stereocenters. The van der Waals surface area contributed by atoms with E-state index in [1.807, 2.05) is 0 Å². The second-order valence-electron chi connectivity index (χ2n) is 4.01. The van der Waals surface area contributed by atoms with Crippen LogP contribution in [0.2, 0.25) is 5.02 Å². The SMILES string of the molecule is CNc1ccc(NS(=O)(=O)c2ccc(Br)cc2Cl)cc1. The highest BCUT2D eigenvalue weighted by molar-refractivity contribution is 9.10. The van der Waals surface area contributed by atoms with Crippen molar-refractivity contribution in [2.24, 2.45) is 0 Å². The number of hydrogen-bond donors (Lipinski definition) is 2. The van der Waals surface area contributed by atoms with E-state index < -0.39 is 10.0 Å². The Morgan fingerprint density at radius 1 is 1.05 bits per heavy atom. The number of anilines is 2. The highest BCUT2D eigenvalue weighted by atomic mass is 79.9. The monoisotopic (exact) mass is 374 g/mol. The first kappa shape index (κ1) is 15.2. The van der Waals surface area contributed by atoms with E-state index in [-0.39, 0.29) is 9.92 Å². The summed E-state index contributed by atoms with van der Waals surface area (Å²) < 4.78 is 27.7. The zero-order valence-electron chi connectivity index (χ0n) is 10.5. The lowest BCUT2D eigenvalue weighted by Gasteiger charge is -2.10. The van der Waals surface area contributed by atoms with E-state index >= 15 is 0 Å². The number of halogens is 2. The van der Waals surface area contributed by atoms with Crippen molar-refractivity contribution in [3.63, 3.8) is 0 Å². The Kier molecular flexibility index (Phi) is 4.57. The molecule has 106 valence electrons. The summed E-state index contributed by atoms with van der Waals surface area (Å²) in [6.45, 7) is 0. The molecule has 0 heterocycles. The van der Waals surface area contributed by atoms with Crippen LogP contribution >= 0.6 is 27.5 Å². The van der Waals surface area contributed by atoms with Gasteiger partial charge in [-0.3, -0.25) is 4.72 Å². The third-order valence-electron chi connectivity index (χ3n) is 2.61. The molecule has 0 aliphatic rings. The third-order valence-corrected chi connectivity index (χ3v) is 4.97. The smallest absolute Gasteiger partial charge is 0.263 e. The van der Waals surface area contributed by atoms with Gasteiger partial charge in [0.2, 0.25) is 0 Å². The van der Waals surface area contributed by atoms with Gasteiger partial charge in [0, 0.05) is 22.9 Å². The van der Waals surface area contributed by atoms with Gasteiger partial charge in [0.05, 0.1) is 5.02 Å². The average Bonchev–Trinajstić information content (AvgIpc) is 2.38. The third kappa shape index (κ3) is 3.45. The molecule has 0 fully saturated rings. The first-order valence-corrected chi connectivity index (χ1v) is 8.33. The molecule has 20 heavy (non-hydrogen) atoms. The molecule has 0 amide bonds. The van der Waals surface area contributed by atoms with Crippen molar-refractivity contribution < 1.29 is 8.42 Å². The molecule has 4 nitrogen and oxygen atoms in total. The highest BCUT2D eigenvalue weighted by Gasteiger charge is 2.18. The van der Waals surface area contributed by atoms with Crippen molar-refractivity contribution in [3.8, 4) is 0 Å². The topological polar surface area (TPSA) is 58.2 Å². The number of hydrogen-bond acceptors (Lipinski definition) is 3. The van der Waals surface area contributed by atoms with Crippen LogP contribution < -0.4 is 10.0 Å². The van der Waals surface area contributed by atoms with E-state index in [1.54, 1.807) is 43.4 Å². The minimum Gasteiger partial charge on any atom is -0.388 e. The van der Waals surface area contributed by atoms with Crippen LogP contribution in [0.4, 0.5) is 11.4 Å². The summed E-state index contributed by atoms with van der Waals surface area (Å²) in [5.74, 6) is 0. The van der Waals surface area contributed by atoms with Crippen LogP contribution in [0.15, 0.2) is 51.8 Å². The molecule has 0 saturated heterocycles. The predicted molar refractivity (Wildman–Crippen MR) is 85.9 cm³/mol. The zero-order valence-corrected chi connectivity index (χ0v) is 13.7. The fourth-order valence-corrected chi connectivity index (χ4v) is 3.71. The van der Waals surface area contributed by atoms with Crippen molar-refractivity contribution in [2.75, 3.05) is 17.1 Å². The van der Waals surface area contributed by atoms with Crippen LogP contribution in [-0.4, -0.2) is 15.5 Å². The van der Waals surface area contributed by atoms with Gasteiger partial charge in [0.25, 0.3) is 10.0 Å². The van der Waals surface area contributed by atoms with Gasteiger partial charge in [-0.1, -0.05) is 27.5 Å². The highest BCUT2D eigenvalue weighted by Crippen LogP contribution is 2.27. The molecule has 2 aromatic carbocycles. The minimum absolute atomic E-state index is 0.0417. The largest absolute Gasteiger partial charge is 0.388 e. The van der Waals surface area contributed by atoms with Crippen LogP contribution in [0.25, 0.3) is 0 Å². The number of rotatable bonds is 4. The van der Waals surface area contributed by atoms with Crippen LogP contribution in [0, 0.1) is 0 Å². The van der Waals surface area contributed by atoms with Crippen LogP contribution in [0.1, 0.15) is 0 Å². The van der Waals surface area contributed by atoms with Gasteiger partial charge in [-0.25, -0.2) is 8.42 Å². The molecule has 0 bridgehead atoms.